The number of hydrogen-bond donors (Lipinski definition) is 0. The number of aromatic nitrogens is 4. The first-order chi connectivity index (χ1) is 53.5. The first kappa shape index (κ1) is 98.2. The molecule has 16 rings (SSSR count). The monoisotopic (exact) mass is 1740 g/mol. The van der Waals surface area contributed by atoms with E-state index in [1.54, 1.807) is 49.6 Å². The van der Waals surface area contributed by atoms with Crippen molar-refractivity contribution in [2.75, 3.05) is 0 Å². The van der Waals surface area contributed by atoms with E-state index in [2.05, 4.69) is 117 Å². The quantitative estimate of drug-likeness (QED) is 0.0517. The smallest absolute Gasteiger partial charge is 0.436 e. The molecular formula is C96H88N12O8Rh2. The number of rotatable bonds is 16. The van der Waals surface area contributed by atoms with Crippen LogP contribution in [0.5, 0.6) is 0 Å². The molecule has 0 aliphatic rings. The van der Waals surface area contributed by atoms with Gasteiger partial charge < -0.3 is 85.0 Å². The van der Waals surface area contributed by atoms with E-state index in [9.17, 15) is 0 Å². The molecule has 0 bridgehead atoms. The summed E-state index contributed by atoms with van der Waals surface area (Å²) in [6, 6.07) is 128. The van der Waals surface area contributed by atoms with Gasteiger partial charge in [-0.1, -0.05) is 363 Å². The molecule has 2 radical (unpaired) electrons. The van der Waals surface area contributed by atoms with E-state index >= 15 is 0 Å². The number of para-hydroxylation sites is 8. The molecule has 598 valence electrons. The van der Waals surface area contributed by atoms with Crippen LogP contribution in [0.2, 0.25) is 0 Å². The summed E-state index contributed by atoms with van der Waals surface area (Å²) in [6.07, 6.45) is 14.4. The van der Waals surface area contributed by atoms with Gasteiger partial charge in [-0.05, 0) is 161 Å². The second kappa shape index (κ2) is 53.2. The van der Waals surface area contributed by atoms with E-state index in [-0.39, 0.29) is 82.8 Å². The average molecular weight is 1740 g/mol. The number of benzene rings is 12. The zero-order valence-corrected chi connectivity index (χ0v) is 66.9. The Bertz CT molecular complexity index is 4790. The molecule has 0 aliphatic carbocycles. The summed E-state index contributed by atoms with van der Waals surface area (Å²) in [4.78, 5) is 35.4. The van der Waals surface area contributed by atoms with Crippen molar-refractivity contribution in [1.29, 1.82) is 0 Å². The summed E-state index contributed by atoms with van der Waals surface area (Å²) < 4.78 is 0. The molecule has 12 aromatic carbocycles. The third kappa shape index (κ3) is 30.1. The topological polar surface area (TPSA) is 409 Å². The van der Waals surface area contributed by atoms with Gasteiger partial charge in [0.15, 0.2) is 0 Å². The molecule has 4 aromatic heterocycles. The number of aliphatic imine (C=N–C) groups is 4. The van der Waals surface area contributed by atoms with Crippen molar-refractivity contribution in [2.24, 2.45) is 20.0 Å². The standard InChI is InChI=1S/4C24H18N3.8H2O.2Rh/c4*1-3-7-22(8-4-1)26-24(27-23-9-5-2-6-10-23)21-13-11-19(12-14-21)20-15-17-25-18-16-20;;;;;;;;;;/h4*1-18H;8*1H2;;/q4*-1;;;;;;;;;2*+2. The van der Waals surface area contributed by atoms with Gasteiger partial charge in [0.05, 0.1) is 0 Å². The van der Waals surface area contributed by atoms with Crippen LogP contribution >= 0.6 is 0 Å². The fraction of sp³-hybridized carbons (Fsp3) is 0. The van der Waals surface area contributed by atoms with E-state index in [0.717, 1.165) is 112 Å². The summed E-state index contributed by atoms with van der Waals surface area (Å²) in [7, 11) is 0. The Morgan fingerprint density at radius 1 is 0.161 bits per heavy atom. The van der Waals surface area contributed by atoms with Gasteiger partial charge in [-0.2, -0.15) is 0 Å². The molecule has 20 nitrogen and oxygen atoms in total. The molecular weight excluding hydrogens is 1650 g/mol. The molecule has 0 saturated heterocycles. The number of hydrogen-bond acceptors (Lipinski definition) is 8. The molecule has 0 unspecified atom stereocenters. The number of nitrogens with zero attached hydrogens (tertiary/aromatic N) is 12. The molecule has 0 aliphatic heterocycles. The second-order valence-corrected chi connectivity index (χ2v) is 24.1. The Morgan fingerprint density at radius 3 is 0.449 bits per heavy atom. The second-order valence-electron chi connectivity index (χ2n) is 24.1. The van der Waals surface area contributed by atoms with Crippen molar-refractivity contribution in [3.8, 4) is 44.5 Å². The summed E-state index contributed by atoms with van der Waals surface area (Å²) in [5, 5.41) is 19.1. The van der Waals surface area contributed by atoms with Crippen molar-refractivity contribution in [1.82, 2.24) is 19.9 Å². The van der Waals surface area contributed by atoms with Gasteiger partial charge in [-0.15, -0.1) is 0 Å². The Labute approximate surface area is 712 Å². The van der Waals surface area contributed by atoms with E-state index in [1.165, 1.54) is 0 Å². The summed E-state index contributed by atoms with van der Waals surface area (Å²) in [5.74, 6) is 2.75. The van der Waals surface area contributed by atoms with Crippen LogP contribution in [0, 0.1) is 0 Å². The molecule has 0 spiro atoms. The predicted molar refractivity (Wildman–Crippen MR) is 476 cm³/mol. The predicted octanol–water partition coefficient (Wildman–Crippen LogP) is 19.5. The fourth-order valence-electron chi connectivity index (χ4n) is 11.0. The van der Waals surface area contributed by atoms with Crippen molar-refractivity contribution >= 4 is 68.8 Å². The van der Waals surface area contributed by atoms with Crippen molar-refractivity contribution in [3.05, 3.63) is 481 Å². The fourth-order valence-corrected chi connectivity index (χ4v) is 11.0. The van der Waals surface area contributed by atoms with Gasteiger partial charge in [0.1, 0.15) is 0 Å². The maximum atomic E-state index is 4.77. The molecule has 4 heterocycles. The Kier molecular flexibility index (Phi) is 44.3. The minimum atomic E-state index is 0. The third-order valence-electron chi connectivity index (χ3n) is 16.6. The normalized spacial score (nSPS) is 10.2. The van der Waals surface area contributed by atoms with Crippen LogP contribution < -0.4 is 0 Å². The van der Waals surface area contributed by atoms with E-state index in [0.29, 0.717) is 23.3 Å². The van der Waals surface area contributed by atoms with Gasteiger partial charge in [0.2, 0.25) is 0 Å². The maximum absolute atomic E-state index is 4.77. The van der Waals surface area contributed by atoms with E-state index in [1.807, 2.05) is 291 Å². The zero-order chi connectivity index (χ0) is 73.3. The molecule has 0 saturated carbocycles. The minimum Gasteiger partial charge on any atom is -0.436 e. The van der Waals surface area contributed by atoms with Crippen LogP contribution in [0.25, 0.3) is 65.8 Å². The molecule has 0 atom stereocenters. The van der Waals surface area contributed by atoms with Gasteiger partial charge in [0.25, 0.3) is 0 Å². The van der Waals surface area contributed by atoms with Gasteiger partial charge >= 0.3 is 39.0 Å². The van der Waals surface area contributed by atoms with Crippen LogP contribution in [0.3, 0.4) is 0 Å². The SMILES string of the molecule is O.O.O.O.O.O.O.O.[Rh+2].[Rh+2].c1ccc(N=C([N-]c2ccccc2)c2ccc(-c3ccncc3)cc2)cc1.c1ccc(N=C([N-]c2ccccc2)c2ccc(-c3ccncc3)cc2)cc1.c1ccc(N=C([N-]c2ccccc2)c2ccc(-c3ccncc3)cc2)cc1.c1ccc(N=C([N-]c2ccccc2)c2ccc(-c3ccncc3)cc2)cc1. The molecule has 16 aromatic rings. The zero-order valence-electron chi connectivity index (χ0n) is 63.6. The molecule has 22 heteroatoms. The first-order valence-corrected chi connectivity index (χ1v) is 35.2. The summed E-state index contributed by atoms with van der Waals surface area (Å²) in [6.45, 7) is 0. The maximum Gasteiger partial charge on any atom is 2.00 e. The Balaban J connectivity index is 0.000000396. The van der Waals surface area contributed by atoms with Gasteiger partial charge in [-0.25, -0.2) is 0 Å². The number of pyridine rings is 4. The molecule has 0 fully saturated rings. The molecule has 118 heavy (non-hydrogen) atoms. The summed E-state index contributed by atoms with van der Waals surface area (Å²) in [5.41, 5.74) is 20.0. The molecule has 16 N–H and O–H groups in total. The third-order valence-corrected chi connectivity index (χ3v) is 16.6. The Hall–Kier alpha value is -14.0. The number of amidine groups is 4. The molecule has 0 amide bonds. The van der Waals surface area contributed by atoms with E-state index in [4.69, 9.17) is 41.2 Å². The largest absolute Gasteiger partial charge is 2.00 e. The van der Waals surface area contributed by atoms with Crippen LogP contribution in [0.1, 0.15) is 22.3 Å². The van der Waals surface area contributed by atoms with E-state index < -0.39 is 0 Å². The Morgan fingerprint density at radius 2 is 0.297 bits per heavy atom. The summed E-state index contributed by atoms with van der Waals surface area (Å²) >= 11 is 0. The van der Waals surface area contributed by atoms with Crippen LogP contribution in [0.15, 0.2) is 458 Å². The average Bonchev–Trinajstić information content (AvgIpc) is 0.849. The van der Waals surface area contributed by atoms with Crippen molar-refractivity contribution < 1.29 is 82.8 Å². The first-order valence-electron chi connectivity index (χ1n) is 35.2. The van der Waals surface area contributed by atoms with Crippen LogP contribution in [0.4, 0.5) is 45.5 Å². The van der Waals surface area contributed by atoms with Gasteiger partial charge in [-0.3, -0.25) is 19.9 Å². The van der Waals surface area contributed by atoms with Gasteiger partial charge in [0, 0.05) is 49.6 Å². The van der Waals surface area contributed by atoms with Crippen molar-refractivity contribution in [3.63, 3.8) is 0 Å². The van der Waals surface area contributed by atoms with Crippen LogP contribution in [-0.4, -0.2) is 87.1 Å². The minimum absolute atomic E-state index is 0. The van der Waals surface area contributed by atoms with Crippen LogP contribution in [-0.2, 0) is 39.0 Å². The van der Waals surface area contributed by atoms with Crippen molar-refractivity contribution in [2.45, 2.75) is 0 Å².